The van der Waals surface area contributed by atoms with Gasteiger partial charge in [-0.3, -0.25) is 9.69 Å². The maximum atomic E-state index is 13.6. The summed E-state index contributed by atoms with van der Waals surface area (Å²) in [4.78, 5) is 18.5. The van der Waals surface area contributed by atoms with Crippen molar-refractivity contribution in [2.45, 2.75) is 49.6 Å². The van der Waals surface area contributed by atoms with Gasteiger partial charge < -0.3 is 15.7 Å². The smallest absolute Gasteiger partial charge is 0.254 e. The fraction of sp³-hybridized carbons (Fsp3) is 0.536. The van der Waals surface area contributed by atoms with Crippen molar-refractivity contribution < 1.29 is 9.90 Å². The second-order valence-corrected chi connectivity index (χ2v) is 11.2. The first-order valence-corrected chi connectivity index (χ1v) is 12.7. The van der Waals surface area contributed by atoms with E-state index in [0.717, 1.165) is 44.5 Å². The Morgan fingerprint density at radius 2 is 2.00 bits per heavy atom. The van der Waals surface area contributed by atoms with Gasteiger partial charge in [-0.2, -0.15) is 0 Å². The van der Waals surface area contributed by atoms with E-state index in [9.17, 15) is 9.90 Å². The summed E-state index contributed by atoms with van der Waals surface area (Å²) in [5.41, 5.74) is 9.98. The summed E-state index contributed by atoms with van der Waals surface area (Å²) in [6, 6.07) is 16.8. The van der Waals surface area contributed by atoms with Crippen molar-refractivity contribution in [3.8, 4) is 5.75 Å². The van der Waals surface area contributed by atoms with Crippen LogP contribution in [0, 0.1) is 17.3 Å². The van der Waals surface area contributed by atoms with Gasteiger partial charge in [0.2, 0.25) is 0 Å². The van der Waals surface area contributed by atoms with Crippen LogP contribution in [0.15, 0.2) is 48.5 Å². The largest absolute Gasteiger partial charge is 0.508 e. The number of nitrogens with two attached hydrogens (primary N) is 1. The minimum absolute atomic E-state index is 0.0639. The monoisotopic (exact) mass is 443 g/mol. The molecule has 6 atom stereocenters. The lowest BCUT2D eigenvalue weighted by molar-refractivity contribution is -0.0997. The number of phenolic OH excluding ortho intramolecular Hbond substituents is 1. The quantitative estimate of drug-likeness (QED) is 0.765. The molecule has 3 N–H and O–H groups in total. The van der Waals surface area contributed by atoms with Crippen LogP contribution in [0.3, 0.4) is 0 Å². The van der Waals surface area contributed by atoms with Crippen molar-refractivity contribution in [3.63, 3.8) is 0 Å². The second kappa shape index (κ2) is 6.83. The zero-order valence-corrected chi connectivity index (χ0v) is 19.1. The van der Waals surface area contributed by atoms with E-state index >= 15 is 0 Å². The highest BCUT2D eigenvalue weighted by Crippen LogP contribution is 2.75. The molecule has 2 saturated carbocycles. The van der Waals surface area contributed by atoms with Crippen LogP contribution in [0.2, 0.25) is 0 Å². The molecular formula is C28H33N3O2. The van der Waals surface area contributed by atoms with Gasteiger partial charge in [-0.05, 0) is 91.3 Å². The molecule has 7 rings (SSSR count). The molecule has 2 heterocycles. The minimum Gasteiger partial charge on any atom is -0.508 e. The maximum Gasteiger partial charge on any atom is 0.254 e. The van der Waals surface area contributed by atoms with Crippen LogP contribution < -0.4 is 5.73 Å². The van der Waals surface area contributed by atoms with E-state index in [1.54, 1.807) is 0 Å². The SMILES string of the molecule is NCCN1CC[C@@]23c4cc(O)ccc4C[C@@H]1[C@]21CC[C@@H]2[C@H]3[C@@H](CN2C(=O)c2ccccc2)C1. The Hall–Kier alpha value is -2.37. The van der Waals surface area contributed by atoms with Crippen molar-refractivity contribution >= 4 is 5.91 Å². The van der Waals surface area contributed by atoms with E-state index in [2.05, 4.69) is 21.9 Å². The number of benzene rings is 2. The number of aromatic hydroxyl groups is 1. The summed E-state index contributed by atoms with van der Waals surface area (Å²) in [5, 5.41) is 10.5. The molecule has 5 nitrogen and oxygen atoms in total. The Morgan fingerprint density at radius 3 is 2.82 bits per heavy atom. The third-order valence-corrected chi connectivity index (χ3v) is 10.3. The standard InChI is InChI=1S/C28H33N3O2/c29-11-13-30-12-10-28-22-15-21(32)7-6-19(22)14-24(30)27(28)9-8-23-25(28)20(16-27)17-31(23)26(33)18-4-2-1-3-5-18/h1-7,15,20,23-25,32H,8-14,16-17,29H2/t20-,23-,24-,25-,27-,28+/m1/s1. The van der Waals surface area contributed by atoms with Gasteiger partial charge in [-0.15, -0.1) is 0 Å². The predicted molar refractivity (Wildman–Crippen MR) is 127 cm³/mol. The first-order valence-electron chi connectivity index (χ1n) is 12.7. The molecule has 2 aromatic rings. The number of likely N-dealkylation sites (tertiary alicyclic amines) is 2. The molecule has 0 aromatic heterocycles. The molecule has 5 heteroatoms. The van der Waals surface area contributed by atoms with Gasteiger partial charge in [0, 0.05) is 42.7 Å². The molecule has 0 spiro atoms. The fourth-order valence-corrected chi connectivity index (χ4v) is 9.51. The number of amides is 1. The molecule has 172 valence electrons. The molecule has 0 unspecified atom stereocenters. The van der Waals surface area contributed by atoms with Crippen molar-refractivity contribution in [3.05, 3.63) is 65.2 Å². The molecule has 3 aliphatic carbocycles. The van der Waals surface area contributed by atoms with E-state index in [-0.39, 0.29) is 16.7 Å². The van der Waals surface area contributed by atoms with E-state index in [0.29, 0.717) is 36.2 Å². The lowest BCUT2D eigenvalue weighted by Crippen LogP contribution is -2.70. The number of hydrogen-bond acceptors (Lipinski definition) is 4. The highest BCUT2D eigenvalue weighted by atomic mass is 16.3. The summed E-state index contributed by atoms with van der Waals surface area (Å²) in [6.45, 7) is 3.62. The molecule has 2 aliphatic heterocycles. The van der Waals surface area contributed by atoms with Crippen molar-refractivity contribution in [2.24, 2.45) is 23.0 Å². The van der Waals surface area contributed by atoms with Gasteiger partial charge in [-0.1, -0.05) is 24.3 Å². The molecule has 1 amide bonds. The Morgan fingerprint density at radius 1 is 1.15 bits per heavy atom. The Balaban J connectivity index is 1.36. The first kappa shape index (κ1) is 20.0. The van der Waals surface area contributed by atoms with Crippen LogP contribution in [0.5, 0.6) is 5.75 Å². The molecule has 4 fully saturated rings. The van der Waals surface area contributed by atoms with Gasteiger partial charge in [-0.25, -0.2) is 0 Å². The summed E-state index contributed by atoms with van der Waals surface area (Å²) >= 11 is 0. The van der Waals surface area contributed by atoms with Gasteiger partial charge in [0.25, 0.3) is 5.91 Å². The molecule has 2 saturated heterocycles. The third kappa shape index (κ3) is 2.37. The normalized spacial score (nSPS) is 38.2. The van der Waals surface area contributed by atoms with Crippen LogP contribution >= 0.6 is 0 Å². The predicted octanol–water partition coefficient (Wildman–Crippen LogP) is 3.16. The van der Waals surface area contributed by atoms with Crippen molar-refractivity contribution in [1.82, 2.24) is 9.80 Å². The molecule has 4 bridgehead atoms. The number of carbonyl (C=O) groups excluding carboxylic acids is 1. The number of hydrogen-bond donors (Lipinski definition) is 2. The van der Waals surface area contributed by atoms with Gasteiger partial charge in [0.05, 0.1) is 0 Å². The maximum absolute atomic E-state index is 13.6. The van der Waals surface area contributed by atoms with Gasteiger partial charge in [0.1, 0.15) is 5.75 Å². The summed E-state index contributed by atoms with van der Waals surface area (Å²) in [7, 11) is 0. The number of carbonyl (C=O) groups is 1. The Kier molecular flexibility index (Phi) is 4.15. The average molecular weight is 444 g/mol. The summed E-state index contributed by atoms with van der Waals surface area (Å²) < 4.78 is 0. The van der Waals surface area contributed by atoms with Gasteiger partial charge >= 0.3 is 0 Å². The van der Waals surface area contributed by atoms with E-state index < -0.39 is 0 Å². The molecule has 0 radical (unpaired) electrons. The molecule has 5 aliphatic rings. The third-order valence-electron chi connectivity index (χ3n) is 10.3. The minimum atomic E-state index is 0.0639. The molecule has 2 aromatic carbocycles. The number of fused-ring (bicyclic) bond motifs is 1. The number of piperidine rings is 1. The average Bonchev–Trinajstić information content (AvgIpc) is 3.28. The van der Waals surface area contributed by atoms with Gasteiger partial charge in [0.15, 0.2) is 0 Å². The Labute approximate surface area is 195 Å². The number of phenols is 1. The highest BCUT2D eigenvalue weighted by Gasteiger charge is 2.76. The highest BCUT2D eigenvalue weighted by molar-refractivity contribution is 5.94. The van der Waals surface area contributed by atoms with E-state index in [1.165, 1.54) is 24.0 Å². The van der Waals surface area contributed by atoms with Crippen LogP contribution in [-0.4, -0.2) is 59.1 Å². The van der Waals surface area contributed by atoms with Crippen LogP contribution in [-0.2, 0) is 11.8 Å². The second-order valence-electron chi connectivity index (χ2n) is 11.2. The lowest BCUT2D eigenvalue weighted by Gasteiger charge is -2.66. The number of nitrogens with zero attached hydrogens (tertiary/aromatic N) is 2. The van der Waals surface area contributed by atoms with Crippen molar-refractivity contribution in [1.29, 1.82) is 0 Å². The van der Waals surface area contributed by atoms with Crippen LogP contribution in [0.1, 0.15) is 47.2 Å². The number of rotatable bonds is 3. The van der Waals surface area contributed by atoms with Crippen molar-refractivity contribution in [2.75, 3.05) is 26.2 Å². The molecular weight excluding hydrogens is 410 g/mol. The van der Waals surface area contributed by atoms with Crippen LogP contribution in [0.25, 0.3) is 0 Å². The first-order chi connectivity index (χ1) is 16.1. The van der Waals surface area contributed by atoms with E-state index in [1.807, 2.05) is 36.4 Å². The topological polar surface area (TPSA) is 69.8 Å². The zero-order valence-electron chi connectivity index (χ0n) is 19.1. The lowest BCUT2D eigenvalue weighted by atomic mass is 9.43. The summed E-state index contributed by atoms with van der Waals surface area (Å²) in [5.74, 6) is 1.61. The van der Waals surface area contributed by atoms with Crippen LogP contribution in [0.4, 0.5) is 0 Å². The fourth-order valence-electron chi connectivity index (χ4n) is 9.51. The Bertz CT molecular complexity index is 1120. The zero-order chi connectivity index (χ0) is 22.4. The summed E-state index contributed by atoms with van der Waals surface area (Å²) in [6.07, 6.45) is 5.65. The molecule has 33 heavy (non-hydrogen) atoms. The van der Waals surface area contributed by atoms with E-state index in [4.69, 9.17) is 5.73 Å².